The molecule has 1 rings (SSSR count). The molecule has 1 aromatic heterocycles. The predicted molar refractivity (Wildman–Crippen MR) is 68.1 cm³/mol. The second-order valence-electron chi connectivity index (χ2n) is 5.46. The van der Waals surface area contributed by atoms with Crippen LogP contribution in [0.2, 0.25) is 5.02 Å². The number of aromatic nitrogens is 1. The van der Waals surface area contributed by atoms with Crippen LogP contribution in [0.4, 0.5) is 0 Å². The molecule has 0 aliphatic heterocycles. The van der Waals surface area contributed by atoms with E-state index in [9.17, 15) is 4.79 Å². The summed E-state index contributed by atoms with van der Waals surface area (Å²) in [6, 6.07) is 3.45. The Bertz CT molecular complexity index is 422. The fraction of sp³-hybridized carbons (Fsp3) is 0.538. The Balaban J connectivity index is 3.03. The molecule has 0 saturated heterocycles. The lowest BCUT2D eigenvalue weighted by molar-refractivity contribution is -0.161. The van der Waals surface area contributed by atoms with E-state index < -0.39 is 11.0 Å². The summed E-state index contributed by atoms with van der Waals surface area (Å²) in [5.41, 5.74) is -0.836. The number of nitrogens with zero attached hydrogens (tertiary/aromatic N) is 1. The van der Waals surface area contributed by atoms with Gasteiger partial charge in [0.2, 0.25) is 0 Å². The van der Waals surface area contributed by atoms with Crippen molar-refractivity contribution in [3.63, 3.8) is 0 Å². The van der Waals surface area contributed by atoms with Crippen LogP contribution in [0, 0.1) is 0 Å². The first-order valence-corrected chi connectivity index (χ1v) is 5.87. The van der Waals surface area contributed by atoms with Crippen LogP contribution in [0.3, 0.4) is 0 Å². The van der Waals surface area contributed by atoms with Crippen LogP contribution in [-0.2, 0) is 14.9 Å². The molecule has 0 spiro atoms. The highest BCUT2D eigenvalue weighted by atomic mass is 35.5. The quantitative estimate of drug-likeness (QED) is 0.761. The molecule has 1 heterocycles. The number of carbonyl (C=O) groups excluding carboxylic acids is 1. The van der Waals surface area contributed by atoms with Gasteiger partial charge in [-0.05, 0) is 46.8 Å². The average molecular weight is 256 g/mol. The van der Waals surface area contributed by atoms with Crippen LogP contribution in [0.5, 0.6) is 0 Å². The molecule has 0 radical (unpaired) electrons. The zero-order chi connectivity index (χ0) is 13.3. The summed E-state index contributed by atoms with van der Waals surface area (Å²) in [7, 11) is 0. The molecule has 0 atom stereocenters. The fourth-order valence-corrected chi connectivity index (χ4v) is 1.71. The van der Waals surface area contributed by atoms with Crippen LogP contribution in [0.15, 0.2) is 18.3 Å². The van der Waals surface area contributed by atoms with Crippen molar-refractivity contribution in [3.05, 3.63) is 29.0 Å². The lowest BCUT2D eigenvalue weighted by Crippen LogP contribution is -2.37. The van der Waals surface area contributed by atoms with Crippen molar-refractivity contribution in [2.75, 3.05) is 0 Å². The predicted octanol–water partition coefficient (Wildman–Crippen LogP) is 3.35. The molecule has 1 aromatic rings. The number of carbonyl (C=O) groups is 1. The smallest absolute Gasteiger partial charge is 0.318 e. The molecule has 0 bridgehead atoms. The lowest BCUT2D eigenvalue weighted by Gasteiger charge is -2.28. The van der Waals surface area contributed by atoms with Gasteiger partial charge in [0.05, 0.1) is 10.7 Å². The highest BCUT2D eigenvalue weighted by molar-refractivity contribution is 6.31. The summed E-state index contributed by atoms with van der Waals surface area (Å²) in [6.45, 7) is 9.02. The summed E-state index contributed by atoms with van der Waals surface area (Å²) >= 11 is 6.05. The Hall–Kier alpha value is -1.09. The standard InChI is InChI=1S/C13H18ClNO2/c1-12(2,3)17-11(16)13(4,5)10-9(14)7-6-8-15-10/h6-8H,1-5H3. The molecule has 17 heavy (non-hydrogen) atoms. The van der Waals surface area contributed by atoms with Gasteiger partial charge in [-0.3, -0.25) is 9.78 Å². The molecule has 0 aromatic carbocycles. The topological polar surface area (TPSA) is 39.2 Å². The monoisotopic (exact) mass is 255 g/mol. The van der Waals surface area contributed by atoms with Gasteiger partial charge in [0.25, 0.3) is 0 Å². The number of rotatable bonds is 2. The van der Waals surface area contributed by atoms with Gasteiger partial charge in [0.1, 0.15) is 11.0 Å². The largest absolute Gasteiger partial charge is 0.459 e. The number of hydrogen-bond acceptors (Lipinski definition) is 3. The van der Waals surface area contributed by atoms with E-state index in [4.69, 9.17) is 16.3 Å². The van der Waals surface area contributed by atoms with E-state index >= 15 is 0 Å². The van der Waals surface area contributed by atoms with Crippen LogP contribution in [-0.4, -0.2) is 16.6 Å². The summed E-state index contributed by atoms with van der Waals surface area (Å²) < 4.78 is 5.37. The van der Waals surface area contributed by atoms with E-state index in [-0.39, 0.29) is 5.97 Å². The molecule has 0 aliphatic carbocycles. The van der Waals surface area contributed by atoms with Gasteiger partial charge in [-0.25, -0.2) is 0 Å². The maximum Gasteiger partial charge on any atom is 0.318 e. The van der Waals surface area contributed by atoms with Crippen LogP contribution >= 0.6 is 11.6 Å². The van der Waals surface area contributed by atoms with Gasteiger partial charge in [0.15, 0.2) is 0 Å². The number of hydrogen-bond donors (Lipinski definition) is 0. The average Bonchev–Trinajstić information content (AvgIpc) is 2.15. The highest BCUT2D eigenvalue weighted by Crippen LogP contribution is 2.30. The highest BCUT2D eigenvalue weighted by Gasteiger charge is 2.37. The number of ether oxygens (including phenoxy) is 1. The number of halogens is 1. The molecule has 94 valence electrons. The Labute approximate surface area is 107 Å². The Morgan fingerprint density at radius 1 is 1.29 bits per heavy atom. The minimum Gasteiger partial charge on any atom is -0.459 e. The van der Waals surface area contributed by atoms with Crippen LogP contribution in [0.1, 0.15) is 40.3 Å². The van der Waals surface area contributed by atoms with Crippen molar-refractivity contribution in [2.45, 2.75) is 45.6 Å². The minimum absolute atomic E-state index is 0.328. The van der Waals surface area contributed by atoms with Crippen LogP contribution < -0.4 is 0 Å². The van der Waals surface area contributed by atoms with Crippen molar-refractivity contribution in [2.24, 2.45) is 0 Å². The maximum absolute atomic E-state index is 12.1. The van der Waals surface area contributed by atoms with Crippen molar-refractivity contribution in [1.82, 2.24) is 4.98 Å². The molecular formula is C13H18ClNO2. The Kier molecular flexibility index (Phi) is 3.82. The maximum atomic E-state index is 12.1. The second kappa shape index (κ2) is 4.65. The fourth-order valence-electron chi connectivity index (χ4n) is 1.35. The zero-order valence-electron chi connectivity index (χ0n) is 10.9. The molecule has 0 N–H and O–H groups in total. The first kappa shape index (κ1) is 14.0. The summed E-state index contributed by atoms with van der Waals surface area (Å²) in [5, 5.41) is 0.475. The molecule has 3 nitrogen and oxygen atoms in total. The van der Waals surface area contributed by atoms with E-state index in [1.165, 1.54) is 0 Å². The lowest BCUT2D eigenvalue weighted by atomic mass is 9.88. The van der Waals surface area contributed by atoms with E-state index in [1.54, 1.807) is 32.2 Å². The Morgan fingerprint density at radius 3 is 2.35 bits per heavy atom. The molecule has 0 fully saturated rings. The summed E-state index contributed by atoms with van der Waals surface area (Å²) in [4.78, 5) is 16.3. The van der Waals surface area contributed by atoms with Crippen LogP contribution in [0.25, 0.3) is 0 Å². The molecule has 0 aliphatic rings. The van der Waals surface area contributed by atoms with Crippen molar-refractivity contribution in [1.29, 1.82) is 0 Å². The molecular weight excluding hydrogens is 238 g/mol. The Morgan fingerprint density at radius 2 is 1.88 bits per heavy atom. The first-order valence-electron chi connectivity index (χ1n) is 5.49. The third-order valence-electron chi connectivity index (χ3n) is 2.26. The third kappa shape index (κ3) is 3.43. The molecule has 0 saturated carbocycles. The van der Waals surface area contributed by atoms with Crippen molar-refractivity contribution in [3.8, 4) is 0 Å². The summed E-state index contributed by atoms with van der Waals surface area (Å²) in [6.07, 6.45) is 1.62. The number of esters is 1. The molecule has 0 amide bonds. The summed E-state index contributed by atoms with van der Waals surface area (Å²) in [5.74, 6) is -0.328. The van der Waals surface area contributed by atoms with Gasteiger partial charge in [-0.15, -0.1) is 0 Å². The first-order chi connectivity index (χ1) is 7.64. The minimum atomic E-state index is -0.856. The van der Waals surface area contributed by atoms with E-state index in [1.807, 2.05) is 20.8 Å². The van der Waals surface area contributed by atoms with Gasteiger partial charge in [-0.2, -0.15) is 0 Å². The van der Waals surface area contributed by atoms with E-state index in [2.05, 4.69) is 4.98 Å². The van der Waals surface area contributed by atoms with Crippen molar-refractivity contribution < 1.29 is 9.53 Å². The van der Waals surface area contributed by atoms with E-state index in [0.29, 0.717) is 10.7 Å². The van der Waals surface area contributed by atoms with Gasteiger partial charge in [0, 0.05) is 6.20 Å². The van der Waals surface area contributed by atoms with Gasteiger partial charge in [-0.1, -0.05) is 11.6 Å². The molecule has 4 heteroatoms. The number of pyridine rings is 1. The van der Waals surface area contributed by atoms with Gasteiger partial charge < -0.3 is 4.74 Å². The second-order valence-corrected chi connectivity index (χ2v) is 5.87. The zero-order valence-corrected chi connectivity index (χ0v) is 11.6. The van der Waals surface area contributed by atoms with Crippen molar-refractivity contribution >= 4 is 17.6 Å². The van der Waals surface area contributed by atoms with E-state index in [0.717, 1.165) is 0 Å². The normalized spacial score (nSPS) is 12.4. The molecule has 0 unspecified atom stereocenters. The SMILES string of the molecule is CC(C)(C)OC(=O)C(C)(C)c1ncccc1Cl. The third-order valence-corrected chi connectivity index (χ3v) is 2.56. The van der Waals surface area contributed by atoms with Gasteiger partial charge >= 0.3 is 5.97 Å².